The van der Waals surface area contributed by atoms with Gasteiger partial charge in [0.05, 0.1) is 11.8 Å². The fraction of sp³-hybridized carbons (Fsp3) is 0.385. The van der Waals surface area contributed by atoms with Gasteiger partial charge in [0.15, 0.2) is 0 Å². The van der Waals surface area contributed by atoms with Gasteiger partial charge in [0, 0.05) is 12.2 Å². The maximum atomic E-state index is 12.8. The summed E-state index contributed by atoms with van der Waals surface area (Å²) in [5, 5.41) is 2.81. The third-order valence-electron chi connectivity index (χ3n) is 2.47. The Morgan fingerprint density at radius 2 is 2.00 bits per heavy atom. The van der Waals surface area contributed by atoms with Gasteiger partial charge in [0.2, 0.25) is 11.8 Å². The Morgan fingerprint density at radius 3 is 2.58 bits per heavy atom. The number of carbonyl (C=O) groups excluding carboxylic acids is 2. The molecule has 2 amide bonds. The molecule has 0 bridgehead atoms. The highest BCUT2D eigenvalue weighted by molar-refractivity contribution is 7.99. The number of nitrogens with two attached hydrogens (primary N) is 1. The van der Waals surface area contributed by atoms with Crippen LogP contribution in [0.25, 0.3) is 0 Å². The quantitative estimate of drug-likeness (QED) is 0.747. The van der Waals surface area contributed by atoms with Gasteiger partial charge in [-0.05, 0) is 24.6 Å². The van der Waals surface area contributed by atoms with Crippen molar-refractivity contribution < 1.29 is 14.0 Å². The number of nitrogens with one attached hydrogen (secondary N) is 1. The lowest BCUT2D eigenvalue weighted by molar-refractivity contribution is -0.121. The van der Waals surface area contributed by atoms with Gasteiger partial charge in [-0.25, -0.2) is 4.39 Å². The van der Waals surface area contributed by atoms with Gasteiger partial charge in [0.25, 0.3) is 0 Å². The number of hydrogen-bond donors (Lipinski definition) is 2. The largest absolute Gasteiger partial charge is 0.369 e. The minimum atomic E-state index is -0.384. The number of thioether (sulfide) groups is 1. The molecule has 0 aliphatic rings. The van der Waals surface area contributed by atoms with Crippen molar-refractivity contribution in [2.75, 3.05) is 11.5 Å². The average Bonchev–Trinajstić information content (AvgIpc) is 2.35. The van der Waals surface area contributed by atoms with Crippen LogP contribution in [0.5, 0.6) is 0 Å². The van der Waals surface area contributed by atoms with E-state index in [1.165, 1.54) is 23.9 Å². The van der Waals surface area contributed by atoms with E-state index < -0.39 is 0 Å². The van der Waals surface area contributed by atoms with Crippen LogP contribution in [0.2, 0.25) is 0 Å². The molecule has 1 rings (SSSR count). The SMILES string of the molecule is C[C@@H](NC(=O)CCSCC(N)=O)c1ccc(F)cc1. The fourth-order valence-corrected chi connectivity index (χ4v) is 2.16. The Morgan fingerprint density at radius 1 is 1.37 bits per heavy atom. The third kappa shape index (κ3) is 6.24. The minimum Gasteiger partial charge on any atom is -0.369 e. The van der Waals surface area contributed by atoms with E-state index >= 15 is 0 Å². The topological polar surface area (TPSA) is 72.2 Å². The highest BCUT2D eigenvalue weighted by atomic mass is 32.2. The van der Waals surface area contributed by atoms with Crippen LogP contribution >= 0.6 is 11.8 Å². The second-order valence-electron chi connectivity index (χ2n) is 4.11. The summed E-state index contributed by atoms with van der Waals surface area (Å²) in [4.78, 5) is 22.1. The summed E-state index contributed by atoms with van der Waals surface area (Å²) in [6.45, 7) is 1.84. The second-order valence-corrected chi connectivity index (χ2v) is 5.21. The molecule has 0 aliphatic carbocycles. The lowest BCUT2D eigenvalue weighted by Crippen LogP contribution is -2.27. The number of benzene rings is 1. The number of halogens is 1. The number of carbonyl (C=O) groups is 2. The Bertz CT molecular complexity index is 437. The van der Waals surface area contributed by atoms with Crippen molar-refractivity contribution in [1.82, 2.24) is 5.32 Å². The molecule has 0 radical (unpaired) electrons. The normalized spacial score (nSPS) is 11.9. The average molecular weight is 284 g/mol. The van der Waals surface area contributed by atoms with Gasteiger partial charge in [-0.3, -0.25) is 9.59 Å². The molecule has 104 valence electrons. The van der Waals surface area contributed by atoms with Crippen LogP contribution in [-0.4, -0.2) is 23.3 Å². The lowest BCUT2D eigenvalue weighted by Gasteiger charge is -2.14. The molecule has 0 saturated carbocycles. The molecule has 0 saturated heterocycles. The molecular formula is C13H17FN2O2S. The zero-order valence-corrected chi connectivity index (χ0v) is 11.5. The molecule has 0 aliphatic heterocycles. The summed E-state index contributed by atoms with van der Waals surface area (Å²) in [7, 11) is 0. The predicted molar refractivity (Wildman–Crippen MR) is 74.1 cm³/mol. The molecule has 19 heavy (non-hydrogen) atoms. The first-order valence-corrected chi connectivity index (χ1v) is 7.05. The molecule has 1 aromatic rings. The molecule has 0 fully saturated rings. The Kier molecular flexibility index (Phi) is 6.35. The summed E-state index contributed by atoms with van der Waals surface area (Å²) in [5.74, 6) is -0.0184. The molecule has 6 heteroatoms. The first-order valence-electron chi connectivity index (χ1n) is 5.90. The third-order valence-corrected chi connectivity index (χ3v) is 3.45. The summed E-state index contributed by atoms with van der Waals surface area (Å²) in [6.07, 6.45) is 0.323. The van der Waals surface area contributed by atoms with E-state index in [1.54, 1.807) is 12.1 Å². The zero-order chi connectivity index (χ0) is 14.3. The second kappa shape index (κ2) is 7.78. The number of primary amides is 1. The van der Waals surface area contributed by atoms with Crippen molar-refractivity contribution >= 4 is 23.6 Å². The van der Waals surface area contributed by atoms with E-state index in [9.17, 15) is 14.0 Å². The van der Waals surface area contributed by atoms with E-state index in [0.717, 1.165) is 5.56 Å². The zero-order valence-electron chi connectivity index (χ0n) is 10.7. The molecule has 0 spiro atoms. The van der Waals surface area contributed by atoms with Crippen LogP contribution in [-0.2, 0) is 9.59 Å². The van der Waals surface area contributed by atoms with Gasteiger partial charge in [-0.15, -0.1) is 0 Å². The molecule has 1 atom stereocenters. The smallest absolute Gasteiger partial charge is 0.227 e. The Labute approximate surface area is 115 Å². The molecule has 0 aromatic heterocycles. The van der Waals surface area contributed by atoms with Crippen molar-refractivity contribution in [2.24, 2.45) is 5.73 Å². The van der Waals surface area contributed by atoms with E-state index in [0.29, 0.717) is 12.2 Å². The highest BCUT2D eigenvalue weighted by Crippen LogP contribution is 2.13. The molecule has 0 heterocycles. The minimum absolute atomic E-state index is 0.103. The summed E-state index contributed by atoms with van der Waals surface area (Å²) in [5.41, 5.74) is 5.83. The van der Waals surface area contributed by atoms with Crippen LogP contribution in [0.1, 0.15) is 24.9 Å². The van der Waals surface area contributed by atoms with Crippen molar-refractivity contribution in [1.29, 1.82) is 0 Å². The fourth-order valence-electron chi connectivity index (χ4n) is 1.49. The first-order chi connectivity index (χ1) is 8.99. The van der Waals surface area contributed by atoms with Gasteiger partial charge in [-0.2, -0.15) is 11.8 Å². The van der Waals surface area contributed by atoms with Crippen LogP contribution in [0.4, 0.5) is 4.39 Å². The Hall–Kier alpha value is -1.56. The van der Waals surface area contributed by atoms with Crippen LogP contribution in [0, 0.1) is 5.82 Å². The van der Waals surface area contributed by atoms with E-state index in [2.05, 4.69) is 5.32 Å². The summed E-state index contributed by atoms with van der Waals surface area (Å²) >= 11 is 1.33. The molecule has 4 nitrogen and oxygen atoms in total. The van der Waals surface area contributed by atoms with Crippen molar-refractivity contribution in [3.63, 3.8) is 0 Å². The van der Waals surface area contributed by atoms with Crippen LogP contribution in [0.3, 0.4) is 0 Å². The number of rotatable bonds is 7. The monoisotopic (exact) mass is 284 g/mol. The van der Waals surface area contributed by atoms with Crippen molar-refractivity contribution in [3.8, 4) is 0 Å². The van der Waals surface area contributed by atoms with Gasteiger partial charge in [0.1, 0.15) is 5.82 Å². The lowest BCUT2D eigenvalue weighted by atomic mass is 10.1. The van der Waals surface area contributed by atoms with Crippen LogP contribution < -0.4 is 11.1 Å². The Balaban J connectivity index is 2.31. The maximum absolute atomic E-state index is 12.8. The number of hydrogen-bond acceptors (Lipinski definition) is 3. The van der Waals surface area contributed by atoms with Gasteiger partial charge in [-0.1, -0.05) is 12.1 Å². The molecule has 3 N–H and O–H groups in total. The van der Waals surface area contributed by atoms with Crippen molar-refractivity contribution in [2.45, 2.75) is 19.4 Å². The summed E-state index contributed by atoms with van der Waals surface area (Å²) < 4.78 is 12.8. The highest BCUT2D eigenvalue weighted by Gasteiger charge is 2.09. The van der Waals surface area contributed by atoms with E-state index in [-0.39, 0.29) is 29.4 Å². The van der Waals surface area contributed by atoms with Crippen molar-refractivity contribution in [3.05, 3.63) is 35.6 Å². The first kappa shape index (κ1) is 15.5. The van der Waals surface area contributed by atoms with E-state index in [1.807, 2.05) is 6.92 Å². The molecular weight excluding hydrogens is 267 g/mol. The maximum Gasteiger partial charge on any atom is 0.227 e. The van der Waals surface area contributed by atoms with E-state index in [4.69, 9.17) is 5.73 Å². The molecule has 0 unspecified atom stereocenters. The standard InChI is InChI=1S/C13H17FN2O2S/c1-9(10-2-4-11(14)5-3-10)16-13(18)6-7-19-8-12(15)17/h2-5,9H,6-8H2,1H3,(H2,15,17)(H,16,18)/t9-/m1/s1. The molecule has 1 aromatic carbocycles. The number of amides is 2. The summed E-state index contributed by atoms with van der Waals surface area (Å²) in [6, 6.07) is 5.83. The van der Waals surface area contributed by atoms with Crippen LogP contribution in [0.15, 0.2) is 24.3 Å². The van der Waals surface area contributed by atoms with Gasteiger partial charge < -0.3 is 11.1 Å². The predicted octanol–water partition coefficient (Wildman–Crippen LogP) is 1.61. The van der Waals surface area contributed by atoms with Gasteiger partial charge >= 0.3 is 0 Å².